The molecule has 4 aromatic rings. The third-order valence-corrected chi connectivity index (χ3v) is 7.19. The molecule has 9 heteroatoms. The molecule has 0 fully saturated rings. The molecule has 1 amide bonds. The van der Waals surface area contributed by atoms with E-state index in [2.05, 4.69) is 20.0 Å². The summed E-state index contributed by atoms with van der Waals surface area (Å²) in [5, 5.41) is 4.19. The van der Waals surface area contributed by atoms with Crippen LogP contribution in [0.4, 0.5) is 5.13 Å². The monoisotopic (exact) mass is 440 g/mol. The minimum atomic E-state index is -3.75. The van der Waals surface area contributed by atoms with Crippen LogP contribution in [-0.4, -0.2) is 30.8 Å². The number of nitrogens with zero attached hydrogens (tertiary/aromatic N) is 1. The van der Waals surface area contributed by atoms with Crippen LogP contribution in [0.5, 0.6) is 0 Å². The van der Waals surface area contributed by atoms with Crippen LogP contribution in [0.1, 0.15) is 20.9 Å². The van der Waals surface area contributed by atoms with Gasteiger partial charge in [0.15, 0.2) is 5.13 Å². The fraction of sp³-hybridized carbons (Fsp3) is 0.143. The number of aromatic amines is 1. The number of carbonyl (C=O) groups is 1. The Labute approximate surface area is 178 Å². The summed E-state index contributed by atoms with van der Waals surface area (Å²) in [5.41, 5.74) is 2.67. The molecule has 0 atom stereocenters. The van der Waals surface area contributed by atoms with E-state index in [4.69, 9.17) is 0 Å². The minimum absolute atomic E-state index is 0.141. The van der Waals surface area contributed by atoms with Crippen LogP contribution in [0.15, 0.2) is 65.7 Å². The quantitative estimate of drug-likeness (QED) is 0.407. The van der Waals surface area contributed by atoms with Gasteiger partial charge in [-0.15, -0.1) is 0 Å². The van der Waals surface area contributed by atoms with Crippen LogP contribution in [0.3, 0.4) is 0 Å². The second kappa shape index (κ2) is 8.29. The number of nitrogens with one attached hydrogen (secondary N) is 3. The summed E-state index contributed by atoms with van der Waals surface area (Å²) in [4.78, 5) is 20.5. The number of sulfonamides is 1. The average molecular weight is 441 g/mol. The number of hydrogen-bond donors (Lipinski definition) is 3. The molecule has 3 N–H and O–H groups in total. The summed E-state index contributed by atoms with van der Waals surface area (Å²) in [5.74, 6) is -0.269. The van der Waals surface area contributed by atoms with Crippen molar-refractivity contribution in [2.24, 2.45) is 0 Å². The molecule has 0 aliphatic carbocycles. The molecule has 0 unspecified atom stereocenters. The van der Waals surface area contributed by atoms with E-state index in [-0.39, 0.29) is 15.9 Å². The van der Waals surface area contributed by atoms with E-state index >= 15 is 0 Å². The summed E-state index contributed by atoms with van der Waals surface area (Å²) in [7, 11) is -3.75. The van der Waals surface area contributed by atoms with Crippen LogP contribution < -0.4 is 10.0 Å². The number of aromatic nitrogens is 2. The van der Waals surface area contributed by atoms with E-state index in [1.54, 1.807) is 25.1 Å². The maximum Gasteiger partial charge on any atom is 0.263 e. The summed E-state index contributed by atoms with van der Waals surface area (Å²) < 4.78 is 27.4. The standard InChI is InChI=1S/C21H20N4O3S2/c1-14-19(29-21(24-14)25-30(27,28)16-7-3-2-4-8-16)20(26)22-12-11-15-13-23-18-10-6-5-9-17(15)18/h2-10,13,23H,11-12H2,1H3,(H,22,26)(H,24,25). The number of anilines is 1. The average Bonchev–Trinajstić information content (AvgIpc) is 3.31. The number of aryl methyl sites for hydroxylation is 1. The van der Waals surface area contributed by atoms with Gasteiger partial charge in [0.05, 0.1) is 10.6 Å². The highest BCUT2D eigenvalue weighted by Gasteiger charge is 2.20. The molecule has 2 aromatic heterocycles. The first-order valence-corrected chi connectivity index (χ1v) is 11.6. The van der Waals surface area contributed by atoms with E-state index in [1.807, 2.05) is 30.5 Å². The van der Waals surface area contributed by atoms with Crippen molar-refractivity contribution in [3.05, 3.63) is 76.9 Å². The molecule has 0 bridgehead atoms. The van der Waals surface area contributed by atoms with Crippen molar-refractivity contribution in [3.8, 4) is 0 Å². The molecule has 7 nitrogen and oxygen atoms in total. The lowest BCUT2D eigenvalue weighted by atomic mass is 10.1. The number of benzene rings is 2. The molecule has 0 spiro atoms. The highest BCUT2D eigenvalue weighted by atomic mass is 32.2. The zero-order valence-electron chi connectivity index (χ0n) is 16.2. The Morgan fingerprint density at radius 3 is 2.63 bits per heavy atom. The van der Waals surface area contributed by atoms with Gasteiger partial charge < -0.3 is 10.3 Å². The predicted molar refractivity (Wildman–Crippen MR) is 118 cm³/mol. The summed E-state index contributed by atoms with van der Waals surface area (Å²) in [6.07, 6.45) is 2.63. The van der Waals surface area contributed by atoms with Crippen molar-refractivity contribution in [1.29, 1.82) is 0 Å². The lowest BCUT2D eigenvalue weighted by molar-refractivity contribution is 0.0957. The summed E-state index contributed by atoms with van der Waals surface area (Å²) >= 11 is 1.02. The van der Waals surface area contributed by atoms with Gasteiger partial charge >= 0.3 is 0 Å². The minimum Gasteiger partial charge on any atom is -0.361 e. The van der Waals surface area contributed by atoms with Crippen molar-refractivity contribution in [2.75, 3.05) is 11.3 Å². The van der Waals surface area contributed by atoms with Gasteiger partial charge in [0.2, 0.25) is 0 Å². The molecular formula is C21H20N4O3S2. The van der Waals surface area contributed by atoms with Crippen molar-refractivity contribution in [3.63, 3.8) is 0 Å². The number of hydrogen-bond acceptors (Lipinski definition) is 5. The van der Waals surface area contributed by atoms with E-state index in [1.165, 1.54) is 12.1 Å². The molecule has 0 saturated heterocycles. The number of para-hydroxylation sites is 1. The molecule has 2 heterocycles. The Balaban J connectivity index is 1.41. The third-order valence-electron chi connectivity index (χ3n) is 4.63. The fourth-order valence-corrected chi connectivity index (χ4v) is 5.29. The zero-order valence-corrected chi connectivity index (χ0v) is 17.8. The lowest BCUT2D eigenvalue weighted by Gasteiger charge is -2.04. The third kappa shape index (κ3) is 4.22. The van der Waals surface area contributed by atoms with Crippen molar-refractivity contribution in [2.45, 2.75) is 18.2 Å². The van der Waals surface area contributed by atoms with Gasteiger partial charge in [-0.1, -0.05) is 47.7 Å². The van der Waals surface area contributed by atoms with Crippen LogP contribution in [-0.2, 0) is 16.4 Å². The number of rotatable bonds is 7. The van der Waals surface area contributed by atoms with Crippen molar-refractivity contribution in [1.82, 2.24) is 15.3 Å². The second-order valence-electron chi connectivity index (χ2n) is 6.72. The molecule has 2 aromatic carbocycles. The Hall–Kier alpha value is -3.17. The van der Waals surface area contributed by atoms with Crippen LogP contribution in [0.25, 0.3) is 10.9 Å². The molecule has 154 valence electrons. The van der Waals surface area contributed by atoms with E-state index in [0.29, 0.717) is 23.5 Å². The van der Waals surface area contributed by atoms with Crippen molar-refractivity contribution >= 4 is 43.3 Å². The van der Waals surface area contributed by atoms with E-state index in [0.717, 1.165) is 27.8 Å². The first-order valence-electron chi connectivity index (χ1n) is 9.32. The Bertz CT molecular complexity index is 1290. The number of carbonyl (C=O) groups excluding carboxylic acids is 1. The molecule has 0 aliphatic heterocycles. The van der Waals surface area contributed by atoms with Crippen LogP contribution in [0.2, 0.25) is 0 Å². The zero-order chi connectivity index (χ0) is 21.1. The molecule has 30 heavy (non-hydrogen) atoms. The van der Waals surface area contributed by atoms with Crippen molar-refractivity contribution < 1.29 is 13.2 Å². The SMILES string of the molecule is Cc1nc(NS(=O)(=O)c2ccccc2)sc1C(=O)NCCc1c[nH]c2ccccc12. The summed E-state index contributed by atoms with van der Waals surface area (Å²) in [6, 6.07) is 16.0. The van der Waals surface area contributed by atoms with E-state index < -0.39 is 10.0 Å². The van der Waals surface area contributed by atoms with Crippen LogP contribution in [0, 0.1) is 6.92 Å². The molecule has 0 aliphatic rings. The molecule has 4 rings (SSSR count). The summed E-state index contributed by atoms with van der Waals surface area (Å²) in [6.45, 7) is 2.15. The predicted octanol–water partition coefficient (Wildman–Crippen LogP) is 3.71. The number of fused-ring (bicyclic) bond motifs is 1. The Kier molecular flexibility index (Phi) is 5.56. The lowest BCUT2D eigenvalue weighted by Crippen LogP contribution is -2.25. The smallest absolute Gasteiger partial charge is 0.263 e. The first kappa shape index (κ1) is 20.1. The fourth-order valence-electron chi connectivity index (χ4n) is 3.15. The van der Waals surface area contributed by atoms with Gasteiger partial charge in [-0.05, 0) is 37.1 Å². The first-order chi connectivity index (χ1) is 14.4. The molecular weight excluding hydrogens is 420 g/mol. The number of H-pyrrole nitrogens is 1. The molecule has 0 radical (unpaired) electrons. The normalized spacial score (nSPS) is 11.5. The van der Waals surface area contributed by atoms with Crippen LogP contribution >= 0.6 is 11.3 Å². The highest BCUT2D eigenvalue weighted by Crippen LogP contribution is 2.25. The maximum absolute atomic E-state index is 12.6. The van der Waals surface area contributed by atoms with Gasteiger partial charge in [-0.3, -0.25) is 9.52 Å². The van der Waals surface area contributed by atoms with Gasteiger partial charge in [0.1, 0.15) is 4.88 Å². The second-order valence-corrected chi connectivity index (χ2v) is 9.40. The Morgan fingerprint density at radius 1 is 1.10 bits per heavy atom. The molecule has 0 saturated carbocycles. The van der Waals surface area contributed by atoms with Gasteiger partial charge in [-0.2, -0.15) is 0 Å². The van der Waals surface area contributed by atoms with Gasteiger partial charge in [0.25, 0.3) is 15.9 Å². The topological polar surface area (TPSA) is 104 Å². The number of amides is 1. The number of thiazole rings is 1. The highest BCUT2D eigenvalue weighted by molar-refractivity contribution is 7.93. The van der Waals surface area contributed by atoms with Gasteiger partial charge in [0, 0.05) is 23.6 Å². The van der Waals surface area contributed by atoms with E-state index in [9.17, 15) is 13.2 Å². The maximum atomic E-state index is 12.6. The largest absolute Gasteiger partial charge is 0.361 e. The Morgan fingerprint density at radius 2 is 1.83 bits per heavy atom. The van der Waals surface area contributed by atoms with Gasteiger partial charge in [-0.25, -0.2) is 13.4 Å².